The molecule has 1 nitrogen and oxygen atoms in total. The third-order valence-electron chi connectivity index (χ3n) is 5.73. The number of hydrogen-bond acceptors (Lipinski definition) is 1. The van der Waals surface area contributed by atoms with Gasteiger partial charge in [-0.15, -0.1) is 0 Å². The lowest BCUT2D eigenvalue weighted by atomic mass is 9.77. The zero-order valence-corrected chi connectivity index (χ0v) is 15.7. The van der Waals surface area contributed by atoms with Gasteiger partial charge in [-0.1, -0.05) is 37.6 Å². The fraction of sp³-hybridized carbons (Fsp3) is 0.478. The highest BCUT2D eigenvalue weighted by Crippen LogP contribution is 2.37. The lowest BCUT2D eigenvalue weighted by molar-refractivity contribution is 0.128. The molecule has 2 aromatic rings. The Balaban J connectivity index is 1.74. The van der Waals surface area contributed by atoms with Gasteiger partial charge in [0.1, 0.15) is 11.6 Å². The van der Waals surface area contributed by atoms with Gasteiger partial charge in [0, 0.05) is 12.2 Å². The van der Waals surface area contributed by atoms with Crippen molar-refractivity contribution in [2.24, 2.45) is 5.92 Å². The van der Waals surface area contributed by atoms with E-state index in [1.165, 1.54) is 49.8 Å². The van der Waals surface area contributed by atoms with Crippen LogP contribution in [0.3, 0.4) is 0 Å². The lowest BCUT2D eigenvalue weighted by Gasteiger charge is -2.28. The first-order valence-electron chi connectivity index (χ1n) is 9.78. The summed E-state index contributed by atoms with van der Waals surface area (Å²) >= 11 is 0. The molecule has 3 rings (SSSR count). The molecule has 0 spiro atoms. The van der Waals surface area contributed by atoms with E-state index in [2.05, 4.69) is 19.1 Å². The minimum Gasteiger partial charge on any atom is -0.377 e. The van der Waals surface area contributed by atoms with E-state index in [0.717, 1.165) is 11.5 Å². The highest BCUT2D eigenvalue weighted by molar-refractivity contribution is 5.64. The van der Waals surface area contributed by atoms with Crippen LogP contribution in [0.15, 0.2) is 36.4 Å². The summed E-state index contributed by atoms with van der Waals surface area (Å²) in [5, 5.41) is 0. The fourth-order valence-corrected chi connectivity index (χ4v) is 3.96. The van der Waals surface area contributed by atoms with E-state index in [-0.39, 0.29) is 12.2 Å². The van der Waals surface area contributed by atoms with E-state index in [1.807, 2.05) is 12.1 Å². The standard InChI is InChI=1S/C23H28F2O/c1-3-16-5-7-17(8-6-16)18-9-11-19(12-10-18)20-13-22(24)21(15-26-4-2)23(25)14-20/h9-14,16-17H,3-8,15H2,1-2H3/t16-,17-. The first-order chi connectivity index (χ1) is 12.6. The SMILES string of the molecule is CCOCc1c(F)cc(-c2ccc([C@H]3CC[C@H](CC)CC3)cc2)cc1F. The zero-order chi connectivity index (χ0) is 18.5. The van der Waals surface area contributed by atoms with Crippen LogP contribution in [-0.2, 0) is 11.3 Å². The van der Waals surface area contributed by atoms with Crippen LogP contribution < -0.4 is 0 Å². The molecule has 0 amide bonds. The molecule has 0 aromatic heterocycles. The summed E-state index contributed by atoms with van der Waals surface area (Å²) in [4.78, 5) is 0. The van der Waals surface area contributed by atoms with Gasteiger partial charge in [0.25, 0.3) is 0 Å². The van der Waals surface area contributed by atoms with Crippen molar-refractivity contribution >= 4 is 0 Å². The molecular weight excluding hydrogens is 330 g/mol. The Morgan fingerprint density at radius 1 is 0.885 bits per heavy atom. The highest BCUT2D eigenvalue weighted by Gasteiger charge is 2.21. The number of ether oxygens (including phenoxy) is 1. The third kappa shape index (κ3) is 4.32. The molecule has 0 atom stereocenters. The molecule has 0 saturated heterocycles. The fourth-order valence-electron chi connectivity index (χ4n) is 3.96. The van der Waals surface area contributed by atoms with E-state index in [0.29, 0.717) is 18.1 Å². The Labute approximate surface area is 155 Å². The molecule has 3 heteroatoms. The van der Waals surface area contributed by atoms with Crippen molar-refractivity contribution in [2.45, 2.75) is 58.5 Å². The van der Waals surface area contributed by atoms with Gasteiger partial charge in [0.2, 0.25) is 0 Å². The average molecular weight is 358 g/mol. The Bertz CT molecular complexity index is 692. The highest BCUT2D eigenvalue weighted by atomic mass is 19.1. The quantitative estimate of drug-likeness (QED) is 0.548. The van der Waals surface area contributed by atoms with Crippen molar-refractivity contribution in [1.29, 1.82) is 0 Å². The monoisotopic (exact) mass is 358 g/mol. The van der Waals surface area contributed by atoms with Crippen LogP contribution in [0.25, 0.3) is 11.1 Å². The summed E-state index contributed by atoms with van der Waals surface area (Å²) in [5.74, 6) is 0.409. The van der Waals surface area contributed by atoms with Gasteiger partial charge in [-0.05, 0) is 73.3 Å². The maximum Gasteiger partial charge on any atom is 0.132 e. The van der Waals surface area contributed by atoms with Gasteiger partial charge in [-0.3, -0.25) is 0 Å². The van der Waals surface area contributed by atoms with Crippen molar-refractivity contribution in [3.05, 3.63) is 59.2 Å². The van der Waals surface area contributed by atoms with Crippen molar-refractivity contribution in [2.75, 3.05) is 6.61 Å². The number of benzene rings is 2. The third-order valence-corrected chi connectivity index (χ3v) is 5.73. The van der Waals surface area contributed by atoms with Crippen LogP contribution in [0, 0.1) is 17.6 Å². The molecule has 26 heavy (non-hydrogen) atoms. The van der Waals surface area contributed by atoms with Crippen LogP contribution in [0.2, 0.25) is 0 Å². The zero-order valence-electron chi connectivity index (χ0n) is 15.7. The molecule has 1 aliphatic carbocycles. The smallest absolute Gasteiger partial charge is 0.132 e. The number of hydrogen-bond donors (Lipinski definition) is 0. The topological polar surface area (TPSA) is 9.23 Å². The predicted molar refractivity (Wildman–Crippen MR) is 102 cm³/mol. The summed E-state index contributed by atoms with van der Waals surface area (Å²) < 4.78 is 33.6. The van der Waals surface area contributed by atoms with E-state index in [1.54, 1.807) is 6.92 Å². The Morgan fingerprint density at radius 2 is 1.50 bits per heavy atom. The van der Waals surface area contributed by atoms with Gasteiger partial charge in [-0.2, -0.15) is 0 Å². The van der Waals surface area contributed by atoms with Gasteiger partial charge in [-0.25, -0.2) is 8.78 Å². The van der Waals surface area contributed by atoms with Crippen molar-refractivity contribution < 1.29 is 13.5 Å². The normalized spacial score (nSPS) is 20.3. The van der Waals surface area contributed by atoms with Crippen molar-refractivity contribution in [3.63, 3.8) is 0 Å². The molecule has 0 unspecified atom stereocenters. The van der Waals surface area contributed by atoms with Crippen LogP contribution in [0.1, 0.15) is 63.0 Å². The Morgan fingerprint density at radius 3 is 2.04 bits per heavy atom. The molecule has 1 aliphatic rings. The molecule has 0 N–H and O–H groups in total. The van der Waals surface area contributed by atoms with Crippen LogP contribution in [-0.4, -0.2) is 6.61 Å². The molecule has 1 saturated carbocycles. The van der Waals surface area contributed by atoms with Gasteiger partial charge < -0.3 is 4.74 Å². The minimum atomic E-state index is -0.546. The minimum absolute atomic E-state index is 0.0000888. The maximum atomic E-state index is 14.2. The summed E-state index contributed by atoms with van der Waals surface area (Å²) in [7, 11) is 0. The number of rotatable bonds is 6. The largest absolute Gasteiger partial charge is 0.377 e. The molecule has 0 bridgehead atoms. The average Bonchev–Trinajstić information content (AvgIpc) is 2.67. The van der Waals surface area contributed by atoms with Crippen LogP contribution in [0.5, 0.6) is 0 Å². The van der Waals surface area contributed by atoms with E-state index >= 15 is 0 Å². The van der Waals surface area contributed by atoms with Gasteiger partial charge in [0.15, 0.2) is 0 Å². The Hall–Kier alpha value is -1.74. The van der Waals surface area contributed by atoms with Gasteiger partial charge in [0.05, 0.1) is 6.61 Å². The van der Waals surface area contributed by atoms with Crippen molar-refractivity contribution in [3.8, 4) is 11.1 Å². The van der Waals surface area contributed by atoms with Crippen LogP contribution >= 0.6 is 0 Å². The first-order valence-corrected chi connectivity index (χ1v) is 9.78. The second-order valence-corrected chi connectivity index (χ2v) is 7.30. The number of halogens is 2. The molecular formula is C23H28F2O. The summed E-state index contributed by atoms with van der Waals surface area (Å²) in [6.07, 6.45) is 6.38. The first kappa shape index (κ1) is 19.0. The Kier molecular flexibility index (Phi) is 6.42. The summed E-state index contributed by atoms with van der Waals surface area (Å²) in [5.41, 5.74) is 2.76. The lowest BCUT2D eigenvalue weighted by Crippen LogP contribution is -2.12. The van der Waals surface area contributed by atoms with Crippen molar-refractivity contribution in [1.82, 2.24) is 0 Å². The van der Waals surface area contributed by atoms with E-state index in [9.17, 15) is 8.78 Å². The summed E-state index contributed by atoms with van der Waals surface area (Å²) in [6.45, 7) is 4.48. The van der Waals surface area contributed by atoms with Gasteiger partial charge >= 0.3 is 0 Å². The molecule has 0 aliphatic heterocycles. The second-order valence-electron chi connectivity index (χ2n) is 7.30. The second kappa shape index (κ2) is 8.77. The maximum absolute atomic E-state index is 14.2. The molecule has 0 radical (unpaired) electrons. The summed E-state index contributed by atoms with van der Waals surface area (Å²) in [6, 6.07) is 11.0. The van der Waals surface area contributed by atoms with E-state index < -0.39 is 11.6 Å². The van der Waals surface area contributed by atoms with Crippen LogP contribution in [0.4, 0.5) is 8.78 Å². The molecule has 2 aromatic carbocycles. The van der Waals surface area contributed by atoms with E-state index in [4.69, 9.17) is 4.74 Å². The predicted octanol–water partition coefficient (Wildman–Crippen LogP) is 6.85. The molecule has 0 heterocycles. The molecule has 1 fully saturated rings. The molecule has 140 valence electrons.